The van der Waals surface area contributed by atoms with Gasteiger partial charge in [0.15, 0.2) is 17.7 Å². The first-order valence-electron chi connectivity index (χ1n) is 16.0. The Morgan fingerprint density at radius 3 is 2.29 bits per heavy atom. The minimum atomic E-state index is -1.36. The fourth-order valence-electron chi connectivity index (χ4n) is 7.47. The summed E-state index contributed by atoms with van der Waals surface area (Å²) in [7, 11) is 5.20. The number of rotatable bonds is 7. The fraction of sp³-hybridized carbons (Fsp3) is 0.818. The van der Waals surface area contributed by atoms with Crippen LogP contribution < -0.4 is 5.32 Å². The molecule has 0 bridgehead atoms. The number of hydrogen-bond donors (Lipinski definition) is 2. The van der Waals surface area contributed by atoms with Crippen molar-refractivity contribution in [3.05, 3.63) is 12.7 Å². The molecular formula is C33H54N2O10. The van der Waals surface area contributed by atoms with Crippen LogP contribution in [0.4, 0.5) is 4.79 Å². The fourth-order valence-corrected chi connectivity index (χ4v) is 7.47. The number of allylic oxidation sites excluding steroid dienone is 1. The first-order valence-corrected chi connectivity index (χ1v) is 16.0. The quantitative estimate of drug-likeness (QED) is 0.241. The number of nitrogens with zero attached hydrogens (tertiary/aromatic N) is 1. The zero-order valence-electron chi connectivity index (χ0n) is 28.5. The van der Waals surface area contributed by atoms with Crippen molar-refractivity contribution in [2.45, 2.75) is 128 Å². The number of hydrogen-bond acceptors (Lipinski definition) is 11. The van der Waals surface area contributed by atoms with Crippen LogP contribution in [0.25, 0.3) is 0 Å². The molecular weight excluding hydrogens is 584 g/mol. The molecule has 12 nitrogen and oxygen atoms in total. The van der Waals surface area contributed by atoms with E-state index >= 15 is 0 Å². The number of cyclic esters (lactones) is 1. The summed E-state index contributed by atoms with van der Waals surface area (Å²) in [5, 5.41) is 14.1. The van der Waals surface area contributed by atoms with E-state index in [1.165, 1.54) is 13.2 Å². The second-order valence-corrected chi connectivity index (χ2v) is 13.7. The number of aliphatic hydroxyl groups excluding tert-OH is 1. The van der Waals surface area contributed by atoms with Crippen molar-refractivity contribution < 1.29 is 48.0 Å². The predicted molar refractivity (Wildman–Crippen MR) is 165 cm³/mol. The molecule has 0 spiro atoms. The molecule has 0 aliphatic carbocycles. The lowest BCUT2D eigenvalue weighted by molar-refractivity contribution is -0.295. The smallest absolute Gasteiger partial charge is 0.408 e. The van der Waals surface area contributed by atoms with Gasteiger partial charge in [-0.25, -0.2) is 4.79 Å². The minimum absolute atomic E-state index is 0.000616. The van der Waals surface area contributed by atoms with E-state index in [0.717, 1.165) is 0 Å². The third kappa shape index (κ3) is 7.45. The van der Waals surface area contributed by atoms with Crippen LogP contribution in [0.15, 0.2) is 12.7 Å². The van der Waals surface area contributed by atoms with Gasteiger partial charge in [-0.15, -0.1) is 6.58 Å². The second-order valence-electron chi connectivity index (χ2n) is 13.7. The molecule has 1 unspecified atom stereocenters. The zero-order chi connectivity index (χ0) is 34.0. The maximum Gasteiger partial charge on any atom is 0.408 e. The molecule has 45 heavy (non-hydrogen) atoms. The maximum absolute atomic E-state index is 14.3. The first-order chi connectivity index (χ1) is 20.9. The average Bonchev–Trinajstić information content (AvgIpc) is 3.30. The number of ketones is 2. The van der Waals surface area contributed by atoms with E-state index < -0.39 is 83.4 Å². The lowest BCUT2D eigenvalue weighted by Gasteiger charge is -2.47. The number of amides is 1. The summed E-state index contributed by atoms with van der Waals surface area (Å²) in [6.45, 7) is 16.0. The Balaban J connectivity index is 2.15. The van der Waals surface area contributed by atoms with Gasteiger partial charge in [-0.3, -0.25) is 14.4 Å². The molecule has 3 heterocycles. The highest BCUT2D eigenvalue weighted by Gasteiger charge is 2.57. The molecule has 0 aromatic carbocycles. The summed E-state index contributed by atoms with van der Waals surface area (Å²) in [5.41, 5.74) is -2.61. The van der Waals surface area contributed by atoms with Gasteiger partial charge in [-0.1, -0.05) is 33.8 Å². The van der Waals surface area contributed by atoms with Gasteiger partial charge in [0.1, 0.15) is 23.9 Å². The highest BCUT2D eigenvalue weighted by atomic mass is 16.7. The standard InChI is InChI=1S/C33H54N2O10/c1-12-14-21-25(37)20(6)28(44-30-26(38)22(35(9)10)15-18(4)42-30)32(7,41-11)16-17(3)24(36)19(5)27-33(8,45-31(40)34-27)23(13-2)43-29(21)39/h12,17-23,26-28,30,38H,1,13-16H2,2-11H3,(H,34,40)/t17-,18-,19+,20+,21?,22+,23-,26-,27-,28-,30+,32+,33-/m1/s1. The van der Waals surface area contributed by atoms with Crippen molar-refractivity contribution in [2.75, 3.05) is 21.2 Å². The third-order valence-electron chi connectivity index (χ3n) is 10.2. The molecule has 3 aliphatic heterocycles. The number of ether oxygens (including phenoxy) is 5. The third-order valence-corrected chi connectivity index (χ3v) is 10.2. The van der Waals surface area contributed by atoms with Crippen molar-refractivity contribution in [2.24, 2.45) is 23.7 Å². The predicted octanol–water partition coefficient (Wildman–Crippen LogP) is 3.03. The number of alkyl carbamates (subject to hydrolysis) is 1. The normalized spacial score (nSPS) is 43.6. The van der Waals surface area contributed by atoms with Crippen LogP contribution in [0.5, 0.6) is 0 Å². The monoisotopic (exact) mass is 638 g/mol. The summed E-state index contributed by atoms with van der Waals surface area (Å²) < 4.78 is 30.4. The van der Waals surface area contributed by atoms with Gasteiger partial charge in [0, 0.05) is 30.9 Å². The minimum Gasteiger partial charge on any atom is -0.457 e. The number of nitrogens with one attached hydrogen (secondary N) is 1. The molecule has 3 fully saturated rings. The van der Waals surface area contributed by atoms with E-state index in [1.807, 2.05) is 25.9 Å². The molecule has 13 atom stereocenters. The molecule has 0 aromatic heterocycles. The van der Waals surface area contributed by atoms with Gasteiger partial charge < -0.3 is 39.0 Å². The highest BCUT2D eigenvalue weighted by Crippen LogP contribution is 2.40. The van der Waals surface area contributed by atoms with E-state index in [1.54, 1.807) is 41.5 Å². The molecule has 0 saturated carbocycles. The zero-order valence-corrected chi connectivity index (χ0v) is 28.5. The van der Waals surface area contributed by atoms with Crippen LogP contribution in [0.1, 0.15) is 74.1 Å². The Kier molecular flexibility index (Phi) is 12.0. The molecule has 3 rings (SSSR count). The molecule has 2 N–H and O–H groups in total. The highest BCUT2D eigenvalue weighted by molar-refractivity contribution is 6.00. The first kappa shape index (κ1) is 37.1. The van der Waals surface area contributed by atoms with Crippen LogP contribution in [0, 0.1) is 23.7 Å². The van der Waals surface area contributed by atoms with Gasteiger partial charge in [0.05, 0.1) is 23.9 Å². The van der Waals surface area contributed by atoms with E-state index in [4.69, 9.17) is 23.7 Å². The van der Waals surface area contributed by atoms with E-state index in [2.05, 4.69) is 11.9 Å². The number of methoxy groups -OCH3 is 1. The Hall–Kier alpha value is -2.38. The number of aliphatic hydroxyl groups is 1. The summed E-state index contributed by atoms with van der Waals surface area (Å²) in [6, 6.07) is -1.07. The molecule has 1 amide bonds. The molecule has 0 radical (unpaired) electrons. The number of esters is 1. The average molecular weight is 639 g/mol. The molecule has 12 heteroatoms. The van der Waals surface area contributed by atoms with Gasteiger partial charge in [0.2, 0.25) is 0 Å². The van der Waals surface area contributed by atoms with Crippen LogP contribution in [0.2, 0.25) is 0 Å². The van der Waals surface area contributed by atoms with Crippen LogP contribution in [-0.2, 0) is 38.1 Å². The SMILES string of the molecule is C=CCC1C(=O)O[C@H](CC)[C@@]2(C)OC(=O)N[C@@H]2[C@@H](C)C(=O)[C@H](C)C[C@](C)(OC)[C@H](O[C@@H]2O[C@H](C)C[C@H](N(C)C)[C@H]2O)[C@@H](C)C1=O. The largest absolute Gasteiger partial charge is 0.457 e. The Morgan fingerprint density at radius 1 is 1.09 bits per heavy atom. The van der Waals surface area contributed by atoms with Crippen molar-refractivity contribution in [3.63, 3.8) is 0 Å². The van der Waals surface area contributed by atoms with Gasteiger partial charge in [-0.2, -0.15) is 0 Å². The van der Waals surface area contributed by atoms with Gasteiger partial charge in [0.25, 0.3) is 0 Å². The molecule has 3 aliphatic rings. The van der Waals surface area contributed by atoms with Crippen LogP contribution in [0.3, 0.4) is 0 Å². The van der Waals surface area contributed by atoms with Crippen molar-refractivity contribution >= 4 is 23.6 Å². The molecule has 3 saturated heterocycles. The molecule has 0 aromatic rings. The van der Waals surface area contributed by atoms with E-state index in [0.29, 0.717) is 6.42 Å². The Labute approximate surface area is 267 Å². The van der Waals surface area contributed by atoms with Gasteiger partial charge in [-0.05, 0) is 60.5 Å². The number of likely N-dealkylation sites (N-methyl/N-ethyl adjacent to an activating group) is 1. The van der Waals surface area contributed by atoms with E-state index in [-0.39, 0.29) is 37.2 Å². The second kappa shape index (κ2) is 14.6. The van der Waals surface area contributed by atoms with E-state index in [9.17, 15) is 24.3 Å². The van der Waals surface area contributed by atoms with Crippen molar-refractivity contribution in [1.29, 1.82) is 0 Å². The number of carbonyl (C=O) groups is 4. The summed E-state index contributed by atoms with van der Waals surface area (Å²) in [6.07, 6.45) is -2.65. The summed E-state index contributed by atoms with van der Waals surface area (Å²) in [5.74, 6) is -4.97. The summed E-state index contributed by atoms with van der Waals surface area (Å²) >= 11 is 0. The van der Waals surface area contributed by atoms with Gasteiger partial charge >= 0.3 is 12.1 Å². The summed E-state index contributed by atoms with van der Waals surface area (Å²) in [4.78, 5) is 56.5. The van der Waals surface area contributed by atoms with Crippen LogP contribution in [-0.4, -0.2) is 109 Å². The lowest BCUT2D eigenvalue weighted by Crippen LogP contribution is -2.60. The Bertz CT molecular complexity index is 1120. The van der Waals surface area contributed by atoms with Crippen molar-refractivity contribution in [3.8, 4) is 0 Å². The van der Waals surface area contributed by atoms with Crippen molar-refractivity contribution in [1.82, 2.24) is 10.2 Å². The molecule has 256 valence electrons. The topological polar surface area (TPSA) is 150 Å². The Morgan fingerprint density at radius 2 is 1.73 bits per heavy atom. The number of carbonyl (C=O) groups excluding carboxylic acids is 4. The lowest BCUT2D eigenvalue weighted by atomic mass is 9.73. The van der Waals surface area contributed by atoms with Crippen LogP contribution >= 0.6 is 0 Å². The number of fused-ring (bicyclic) bond motifs is 1. The maximum atomic E-state index is 14.3. The number of Topliss-reactive ketones (excluding diaryl/α,β-unsaturated/α-hetero) is 2.